The normalized spacial score (nSPS) is 10.0. The van der Waals surface area contributed by atoms with Gasteiger partial charge in [-0.25, -0.2) is 0 Å². The quantitative estimate of drug-likeness (QED) is 0.746. The molecule has 0 aliphatic heterocycles. The summed E-state index contributed by atoms with van der Waals surface area (Å²) in [4.78, 5) is 0. The van der Waals surface area contributed by atoms with Crippen molar-refractivity contribution in [3.8, 4) is 0 Å². The van der Waals surface area contributed by atoms with Crippen LogP contribution < -0.4 is 0 Å². The average molecular weight is 270 g/mol. The minimum absolute atomic E-state index is 0.778. The van der Waals surface area contributed by atoms with Crippen LogP contribution in [0.5, 0.6) is 0 Å². The topological polar surface area (TPSA) is 9.23 Å². The van der Waals surface area contributed by atoms with Crippen molar-refractivity contribution < 1.29 is 4.74 Å². The summed E-state index contributed by atoms with van der Waals surface area (Å²) in [6, 6.07) is 21.1. The molecule has 1 heteroatoms. The van der Waals surface area contributed by atoms with Crippen LogP contribution in [0.1, 0.15) is 31.4 Å². The zero-order valence-electron chi connectivity index (χ0n) is 12.9. The molecule has 108 valence electrons. The molecular formula is C19H26O. The van der Waals surface area contributed by atoms with Crippen molar-refractivity contribution >= 4 is 0 Å². The first-order valence-corrected chi connectivity index (χ1v) is 7.29. The van der Waals surface area contributed by atoms with Gasteiger partial charge < -0.3 is 4.74 Å². The molecule has 0 unspecified atom stereocenters. The van der Waals surface area contributed by atoms with Crippen LogP contribution >= 0.6 is 0 Å². The van der Waals surface area contributed by atoms with E-state index in [1.807, 2.05) is 0 Å². The van der Waals surface area contributed by atoms with E-state index in [1.165, 1.54) is 17.5 Å². The van der Waals surface area contributed by atoms with Gasteiger partial charge in [-0.2, -0.15) is 0 Å². The van der Waals surface area contributed by atoms with Crippen LogP contribution in [0.25, 0.3) is 0 Å². The maximum atomic E-state index is 4.85. The minimum Gasteiger partial charge on any atom is -0.385 e. The van der Waals surface area contributed by atoms with Crippen molar-refractivity contribution in [2.75, 3.05) is 13.7 Å². The summed E-state index contributed by atoms with van der Waals surface area (Å²) < 4.78 is 4.85. The van der Waals surface area contributed by atoms with Crippen LogP contribution in [-0.4, -0.2) is 13.7 Å². The SMILES string of the molecule is COCCC(C)C.c1ccc(Cc2ccccc2)cc1. The van der Waals surface area contributed by atoms with E-state index in [2.05, 4.69) is 74.5 Å². The van der Waals surface area contributed by atoms with Crippen molar-refractivity contribution in [1.29, 1.82) is 0 Å². The lowest BCUT2D eigenvalue weighted by Gasteiger charge is -2.00. The third kappa shape index (κ3) is 7.75. The zero-order valence-corrected chi connectivity index (χ0v) is 12.9. The molecular weight excluding hydrogens is 244 g/mol. The van der Waals surface area contributed by atoms with E-state index in [9.17, 15) is 0 Å². The van der Waals surface area contributed by atoms with E-state index < -0.39 is 0 Å². The van der Waals surface area contributed by atoms with E-state index in [0.29, 0.717) is 0 Å². The molecule has 0 radical (unpaired) electrons. The molecule has 0 fully saturated rings. The summed E-state index contributed by atoms with van der Waals surface area (Å²) in [5.74, 6) is 0.778. The largest absolute Gasteiger partial charge is 0.385 e. The molecule has 1 nitrogen and oxygen atoms in total. The van der Waals surface area contributed by atoms with Gasteiger partial charge >= 0.3 is 0 Å². The fourth-order valence-corrected chi connectivity index (χ4v) is 1.78. The van der Waals surface area contributed by atoms with Gasteiger partial charge in [0.25, 0.3) is 0 Å². The molecule has 0 bridgehead atoms. The van der Waals surface area contributed by atoms with Crippen molar-refractivity contribution in [1.82, 2.24) is 0 Å². The van der Waals surface area contributed by atoms with Crippen molar-refractivity contribution in [2.45, 2.75) is 26.7 Å². The van der Waals surface area contributed by atoms with Gasteiger partial charge in [-0.3, -0.25) is 0 Å². The van der Waals surface area contributed by atoms with Crippen molar-refractivity contribution in [3.63, 3.8) is 0 Å². The maximum absolute atomic E-state index is 4.85. The van der Waals surface area contributed by atoms with Crippen LogP contribution in [-0.2, 0) is 11.2 Å². The van der Waals surface area contributed by atoms with Crippen molar-refractivity contribution in [2.24, 2.45) is 5.92 Å². The highest BCUT2D eigenvalue weighted by Crippen LogP contribution is 2.07. The lowest BCUT2D eigenvalue weighted by Crippen LogP contribution is -1.93. The molecule has 0 aromatic heterocycles. The van der Waals surface area contributed by atoms with Gasteiger partial charge in [0.15, 0.2) is 0 Å². The van der Waals surface area contributed by atoms with Crippen LogP contribution in [0.15, 0.2) is 60.7 Å². The first-order chi connectivity index (χ1) is 9.72. The Morgan fingerprint density at radius 1 is 0.800 bits per heavy atom. The molecule has 0 spiro atoms. The summed E-state index contributed by atoms with van der Waals surface area (Å²) in [6.07, 6.45) is 2.21. The highest BCUT2D eigenvalue weighted by Gasteiger charge is 1.92. The summed E-state index contributed by atoms with van der Waals surface area (Å²) >= 11 is 0. The molecule has 0 amide bonds. The van der Waals surface area contributed by atoms with Gasteiger partial charge in [0.05, 0.1) is 0 Å². The molecule has 2 aromatic carbocycles. The second-order valence-corrected chi connectivity index (χ2v) is 5.32. The number of hydrogen-bond acceptors (Lipinski definition) is 1. The second kappa shape index (κ2) is 10.2. The van der Waals surface area contributed by atoms with Crippen molar-refractivity contribution in [3.05, 3.63) is 71.8 Å². The fraction of sp³-hybridized carbons (Fsp3) is 0.368. The Hall–Kier alpha value is -1.60. The Morgan fingerprint density at radius 3 is 1.55 bits per heavy atom. The molecule has 20 heavy (non-hydrogen) atoms. The van der Waals surface area contributed by atoms with Gasteiger partial charge in [-0.1, -0.05) is 74.5 Å². The van der Waals surface area contributed by atoms with Gasteiger partial charge in [-0.05, 0) is 29.9 Å². The maximum Gasteiger partial charge on any atom is 0.0464 e. The minimum atomic E-state index is 0.778. The zero-order chi connectivity index (χ0) is 14.6. The molecule has 2 rings (SSSR count). The summed E-state index contributed by atoms with van der Waals surface area (Å²) in [7, 11) is 1.74. The lowest BCUT2D eigenvalue weighted by molar-refractivity contribution is 0.183. The Bertz CT molecular complexity index is 396. The molecule has 0 N–H and O–H groups in total. The van der Waals surface area contributed by atoms with Gasteiger partial charge in [0.1, 0.15) is 0 Å². The van der Waals surface area contributed by atoms with E-state index in [-0.39, 0.29) is 0 Å². The predicted octanol–water partition coefficient (Wildman–Crippen LogP) is 4.96. The first kappa shape index (κ1) is 16.5. The van der Waals surface area contributed by atoms with E-state index >= 15 is 0 Å². The Balaban J connectivity index is 0.000000246. The Labute approximate surface area is 123 Å². The number of ether oxygens (including phenoxy) is 1. The van der Waals surface area contributed by atoms with Crippen LogP contribution in [0, 0.1) is 5.92 Å². The van der Waals surface area contributed by atoms with Crippen LogP contribution in [0.4, 0.5) is 0 Å². The Morgan fingerprint density at radius 2 is 1.25 bits per heavy atom. The fourth-order valence-electron chi connectivity index (χ4n) is 1.78. The predicted molar refractivity (Wildman–Crippen MR) is 87.0 cm³/mol. The summed E-state index contributed by atoms with van der Waals surface area (Å²) in [5.41, 5.74) is 2.74. The number of hydrogen-bond donors (Lipinski definition) is 0. The molecule has 0 aliphatic rings. The standard InChI is InChI=1S/C13H12.C6H14O/c1-3-7-12(8-4-1)11-13-9-5-2-6-10-13;1-6(2)4-5-7-3/h1-10H,11H2;6H,4-5H2,1-3H3. The average Bonchev–Trinajstić information content (AvgIpc) is 2.48. The van der Waals surface area contributed by atoms with E-state index in [4.69, 9.17) is 4.74 Å². The molecule has 0 heterocycles. The highest BCUT2D eigenvalue weighted by molar-refractivity contribution is 5.25. The monoisotopic (exact) mass is 270 g/mol. The molecule has 2 aromatic rings. The summed E-state index contributed by atoms with van der Waals surface area (Å²) in [6.45, 7) is 5.29. The van der Waals surface area contributed by atoms with Gasteiger partial charge in [-0.15, -0.1) is 0 Å². The van der Waals surface area contributed by atoms with Crippen LogP contribution in [0.2, 0.25) is 0 Å². The van der Waals surface area contributed by atoms with Gasteiger partial charge in [0.2, 0.25) is 0 Å². The first-order valence-electron chi connectivity index (χ1n) is 7.29. The molecule has 0 saturated heterocycles. The number of methoxy groups -OCH3 is 1. The third-order valence-electron chi connectivity index (χ3n) is 2.99. The number of benzene rings is 2. The molecule has 0 atom stereocenters. The van der Waals surface area contributed by atoms with Crippen LogP contribution in [0.3, 0.4) is 0 Å². The third-order valence-corrected chi connectivity index (χ3v) is 2.99. The van der Waals surface area contributed by atoms with E-state index in [1.54, 1.807) is 7.11 Å². The Kier molecular flexibility index (Phi) is 8.41. The van der Waals surface area contributed by atoms with E-state index in [0.717, 1.165) is 18.9 Å². The van der Waals surface area contributed by atoms with Gasteiger partial charge in [0, 0.05) is 13.7 Å². The second-order valence-electron chi connectivity index (χ2n) is 5.32. The molecule has 0 aliphatic carbocycles. The molecule has 0 saturated carbocycles. The highest BCUT2D eigenvalue weighted by atomic mass is 16.5. The lowest BCUT2D eigenvalue weighted by atomic mass is 10.1. The smallest absolute Gasteiger partial charge is 0.0464 e. The number of rotatable bonds is 5. The summed E-state index contributed by atoms with van der Waals surface area (Å²) in [5, 5.41) is 0.